The summed E-state index contributed by atoms with van der Waals surface area (Å²) >= 11 is 1.15. The lowest BCUT2D eigenvalue weighted by Crippen LogP contribution is -2.08. The smallest absolute Gasteiger partial charge is 0.338 e. The van der Waals surface area contributed by atoms with Crippen molar-refractivity contribution >= 4 is 33.6 Å². The van der Waals surface area contributed by atoms with Gasteiger partial charge >= 0.3 is 5.97 Å². The first kappa shape index (κ1) is 14.3. The monoisotopic (exact) mass is 286 g/mol. The summed E-state index contributed by atoms with van der Waals surface area (Å²) in [6.45, 7) is 6.68. The van der Waals surface area contributed by atoms with Crippen molar-refractivity contribution in [3.05, 3.63) is 48.6 Å². The molecule has 0 heterocycles. The molecule has 0 bridgehead atoms. The first-order valence-electron chi connectivity index (χ1n) is 6.06. The maximum atomic E-state index is 11.6. The van der Waals surface area contributed by atoms with Crippen LogP contribution in [-0.4, -0.2) is 11.1 Å². The largest absolute Gasteiger partial charge is 0.423 e. The molecule has 0 saturated carbocycles. The molecule has 3 nitrogen and oxygen atoms in total. The molecule has 0 aliphatic rings. The van der Waals surface area contributed by atoms with Gasteiger partial charge in [-0.3, -0.25) is 4.79 Å². The van der Waals surface area contributed by atoms with Crippen molar-refractivity contribution in [3.8, 4) is 5.75 Å². The second kappa shape index (κ2) is 5.92. The fraction of sp³-hybridized carbons (Fsp3) is 0.125. The second-order valence-corrected chi connectivity index (χ2v) is 5.65. The zero-order valence-electron chi connectivity index (χ0n) is 11.3. The Morgan fingerprint density at radius 3 is 2.55 bits per heavy atom. The lowest BCUT2D eigenvalue weighted by Gasteiger charge is -2.08. The van der Waals surface area contributed by atoms with Crippen molar-refractivity contribution in [2.24, 2.45) is 0 Å². The minimum atomic E-state index is -0.456. The number of carbonyl (C=O) groups is 2. The third-order valence-corrected chi connectivity index (χ3v) is 3.40. The first-order valence-corrected chi connectivity index (χ1v) is 6.88. The van der Waals surface area contributed by atoms with E-state index >= 15 is 0 Å². The molecule has 0 amide bonds. The SMILES string of the molecule is C=C(C)C(=O)Oc1cccc2ccc(SC(C)=O)cc12. The molecule has 0 spiro atoms. The Hall–Kier alpha value is -2.07. The molecule has 0 aromatic heterocycles. The number of hydrogen-bond donors (Lipinski definition) is 0. The van der Waals surface area contributed by atoms with Crippen LogP contribution in [0.2, 0.25) is 0 Å². The number of ether oxygens (including phenoxy) is 1. The van der Waals surface area contributed by atoms with Gasteiger partial charge in [-0.05, 0) is 30.5 Å². The van der Waals surface area contributed by atoms with Crippen molar-refractivity contribution in [1.82, 2.24) is 0 Å². The van der Waals surface area contributed by atoms with E-state index in [1.54, 1.807) is 13.0 Å². The van der Waals surface area contributed by atoms with Gasteiger partial charge in [0.05, 0.1) is 0 Å². The summed E-state index contributed by atoms with van der Waals surface area (Å²) in [5.41, 5.74) is 0.344. The average Bonchev–Trinajstić information content (AvgIpc) is 2.38. The Balaban J connectivity index is 2.45. The van der Waals surface area contributed by atoms with E-state index in [1.165, 1.54) is 6.92 Å². The van der Waals surface area contributed by atoms with Crippen LogP contribution < -0.4 is 4.74 Å². The predicted octanol–water partition coefficient (Wildman–Crippen LogP) is 3.96. The van der Waals surface area contributed by atoms with E-state index in [0.29, 0.717) is 11.3 Å². The molecule has 0 saturated heterocycles. The van der Waals surface area contributed by atoms with Crippen LogP contribution in [0.15, 0.2) is 53.4 Å². The molecule has 2 rings (SSSR count). The number of carbonyl (C=O) groups excluding carboxylic acids is 2. The van der Waals surface area contributed by atoms with E-state index in [2.05, 4.69) is 6.58 Å². The predicted molar refractivity (Wildman–Crippen MR) is 80.9 cm³/mol. The minimum Gasteiger partial charge on any atom is -0.423 e. The molecule has 2 aromatic rings. The second-order valence-electron chi connectivity index (χ2n) is 4.40. The van der Waals surface area contributed by atoms with Gasteiger partial charge in [-0.25, -0.2) is 4.79 Å². The van der Waals surface area contributed by atoms with Crippen LogP contribution in [0, 0.1) is 0 Å². The van der Waals surface area contributed by atoms with Crippen molar-refractivity contribution in [2.75, 3.05) is 0 Å². The molecule has 0 aliphatic heterocycles. The van der Waals surface area contributed by atoms with E-state index < -0.39 is 5.97 Å². The highest BCUT2D eigenvalue weighted by atomic mass is 32.2. The van der Waals surface area contributed by atoms with Gasteiger partial charge in [0.25, 0.3) is 0 Å². The van der Waals surface area contributed by atoms with Gasteiger partial charge in [0.15, 0.2) is 5.12 Å². The summed E-state index contributed by atoms with van der Waals surface area (Å²) in [6, 6.07) is 11.1. The van der Waals surface area contributed by atoms with E-state index in [1.807, 2.05) is 30.3 Å². The molecule has 102 valence electrons. The molecule has 0 unspecified atom stereocenters. The maximum absolute atomic E-state index is 11.6. The standard InChI is InChI=1S/C16H14O3S/c1-10(2)16(18)19-15-6-4-5-12-7-8-13(9-14(12)15)20-11(3)17/h4-9H,1H2,2-3H3. The fourth-order valence-corrected chi connectivity index (χ4v) is 2.37. The molecular weight excluding hydrogens is 272 g/mol. The van der Waals surface area contributed by atoms with Crippen LogP contribution in [0.5, 0.6) is 5.75 Å². The lowest BCUT2D eigenvalue weighted by atomic mass is 10.1. The van der Waals surface area contributed by atoms with Crippen LogP contribution in [0.1, 0.15) is 13.8 Å². The summed E-state index contributed by atoms with van der Waals surface area (Å²) in [5.74, 6) is 0.0172. The van der Waals surface area contributed by atoms with Crippen LogP contribution in [0.25, 0.3) is 10.8 Å². The third-order valence-electron chi connectivity index (χ3n) is 2.63. The van der Waals surface area contributed by atoms with Crippen molar-refractivity contribution in [1.29, 1.82) is 0 Å². The minimum absolute atomic E-state index is 0.0146. The van der Waals surface area contributed by atoms with Crippen molar-refractivity contribution in [2.45, 2.75) is 18.7 Å². The average molecular weight is 286 g/mol. The topological polar surface area (TPSA) is 43.4 Å². The third kappa shape index (κ3) is 3.27. The van der Waals surface area contributed by atoms with Gasteiger partial charge in [0.1, 0.15) is 5.75 Å². The highest BCUT2D eigenvalue weighted by molar-refractivity contribution is 8.13. The number of esters is 1. The van der Waals surface area contributed by atoms with Crippen LogP contribution in [-0.2, 0) is 9.59 Å². The van der Waals surface area contributed by atoms with Gasteiger partial charge in [-0.2, -0.15) is 0 Å². The summed E-state index contributed by atoms with van der Waals surface area (Å²) in [7, 11) is 0. The van der Waals surface area contributed by atoms with Gasteiger partial charge in [0, 0.05) is 22.8 Å². The Labute approximate surface area is 121 Å². The summed E-state index contributed by atoms with van der Waals surface area (Å²) in [4.78, 5) is 23.6. The number of benzene rings is 2. The van der Waals surface area contributed by atoms with E-state index in [0.717, 1.165) is 27.4 Å². The van der Waals surface area contributed by atoms with E-state index in [9.17, 15) is 9.59 Å². The van der Waals surface area contributed by atoms with E-state index in [4.69, 9.17) is 4.74 Å². The maximum Gasteiger partial charge on any atom is 0.338 e. The van der Waals surface area contributed by atoms with Crippen molar-refractivity contribution < 1.29 is 14.3 Å². The molecule has 0 fully saturated rings. The molecule has 0 atom stereocenters. The molecule has 4 heteroatoms. The number of fused-ring (bicyclic) bond motifs is 1. The lowest BCUT2D eigenvalue weighted by molar-refractivity contribution is -0.130. The Morgan fingerprint density at radius 2 is 1.90 bits per heavy atom. The first-order chi connectivity index (χ1) is 9.47. The number of rotatable bonds is 3. The van der Waals surface area contributed by atoms with Crippen molar-refractivity contribution in [3.63, 3.8) is 0 Å². The molecule has 0 radical (unpaired) electrons. The van der Waals surface area contributed by atoms with Crippen LogP contribution in [0.3, 0.4) is 0 Å². The Kier molecular flexibility index (Phi) is 4.25. The zero-order valence-corrected chi connectivity index (χ0v) is 12.1. The van der Waals surface area contributed by atoms with Crippen LogP contribution in [0.4, 0.5) is 0 Å². The fourth-order valence-electron chi connectivity index (χ4n) is 1.73. The molecule has 0 N–H and O–H groups in total. The number of thioether (sulfide) groups is 1. The highest BCUT2D eigenvalue weighted by Crippen LogP contribution is 2.30. The molecule has 0 aliphatic carbocycles. The molecule has 20 heavy (non-hydrogen) atoms. The van der Waals surface area contributed by atoms with Gasteiger partial charge in [-0.1, -0.05) is 36.5 Å². The Morgan fingerprint density at radius 1 is 1.15 bits per heavy atom. The van der Waals surface area contributed by atoms with Gasteiger partial charge in [0.2, 0.25) is 0 Å². The summed E-state index contributed by atoms with van der Waals surface area (Å²) in [5, 5.41) is 1.76. The van der Waals surface area contributed by atoms with Crippen LogP contribution >= 0.6 is 11.8 Å². The molecular formula is C16H14O3S. The Bertz CT molecular complexity index is 704. The summed E-state index contributed by atoms with van der Waals surface area (Å²) < 4.78 is 5.32. The normalized spacial score (nSPS) is 10.3. The molecule has 2 aromatic carbocycles. The highest BCUT2D eigenvalue weighted by Gasteiger charge is 2.10. The van der Waals surface area contributed by atoms with E-state index in [-0.39, 0.29) is 5.12 Å². The van der Waals surface area contributed by atoms with Gasteiger partial charge in [-0.15, -0.1) is 0 Å². The van der Waals surface area contributed by atoms with Gasteiger partial charge < -0.3 is 4.74 Å². The summed E-state index contributed by atoms with van der Waals surface area (Å²) in [6.07, 6.45) is 0. The zero-order chi connectivity index (χ0) is 14.7. The number of hydrogen-bond acceptors (Lipinski definition) is 4. The quantitative estimate of drug-likeness (QED) is 0.371.